The largest absolute Gasteiger partial charge is 0.748 e. The maximum Gasteiger partial charge on any atom is 0.0916 e. The van der Waals surface area contributed by atoms with Crippen LogP contribution in [-0.2, 0) is 10.1 Å². The van der Waals surface area contributed by atoms with E-state index >= 15 is 0 Å². The summed E-state index contributed by atoms with van der Waals surface area (Å²) >= 11 is 0. The van der Waals surface area contributed by atoms with Crippen molar-refractivity contribution in [2.45, 2.75) is 13.8 Å². The molecule has 0 bridgehead atoms. The normalized spacial score (nSPS) is 8.55. The lowest BCUT2D eigenvalue weighted by molar-refractivity contribution is 0.470. The lowest BCUT2D eigenvalue weighted by atomic mass is 10.6. The first-order valence-electron chi connectivity index (χ1n) is 2.96. The van der Waals surface area contributed by atoms with E-state index in [0.717, 1.165) is 0 Å². The van der Waals surface area contributed by atoms with Crippen molar-refractivity contribution in [2.75, 3.05) is 20.4 Å². The van der Waals surface area contributed by atoms with Gasteiger partial charge >= 0.3 is 0 Å². The van der Waals surface area contributed by atoms with E-state index in [2.05, 4.69) is 5.32 Å². The van der Waals surface area contributed by atoms with E-state index in [-0.39, 0.29) is 0 Å². The molecule has 11 heavy (non-hydrogen) atoms. The highest BCUT2D eigenvalue weighted by atomic mass is 32.2. The molecule has 0 saturated carbocycles. The monoisotopic (exact) mass is 182 g/mol. The van der Waals surface area contributed by atoms with E-state index in [1.165, 1.54) is 0 Å². The minimum Gasteiger partial charge on any atom is -0.748 e. The molecule has 5 heteroatoms. The second kappa shape index (κ2) is 12.5. The predicted molar refractivity (Wildman–Crippen MR) is 46.5 cm³/mol. The average Bonchev–Trinajstić information content (AvgIpc) is 1.62. The van der Waals surface area contributed by atoms with Gasteiger partial charge in [-0.3, -0.25) is 0 Å². The summed E-state index contributed by atoms with van der Waals surface area (Å²) in [4.78, 5) is 0. The third-order valence-corrected chi connectivity index (χ3v) is 0. The van der Waals surface area contributed by atoms with Gasteiger partial charge in [-0.15, -0.1) is 0 Å². The molecule has 0 aromatic carbocycles. The number of rotatable bonds is 0. The molecule has 0 radical (unpaired) electrons. The van der Waals surface area contributed by atoms with Crippen LogP contribution in [0.1, 0.15) is 13.8 Å². The summed E-state index contributed by atoms with van der Waals surface area (Å²) < 4.78 is 27.2. The van der Waals surface area contributed by atoms with Gasteiger partial charge in [-0.25, -0.2) is 8.42 Å². The molecular weight excluding hydrogens is 166 g/mol. The summed E-state index contributed by atoms with van der Waals surface area (Å²) in [5, 5.41) is 3.50. The summed E-state index contributed by atoms with van der Waals surface area (Å²) in [6, 6.07) is 0. The molecular formula is C6H16NO3S-3. The Bertz CT molecular complexity index is 121. The van der Waals surface area contributed by atoms with Crippen molar-refractivity contribution >= 4 is 10.1 Å². The zero-order valence-corrected chi connectivity index (χ0v) is 8.47. The first-order valence-corrected chi connectivity index (χ1v) is 4.77. The van der Waals surface area contributed by atoms with Gasteiger partial charge in [0, 0.05) is 6.26 Å². The molecule has 0 aliphatic heterocycles. The molecule has 72 valence electrons. The maximum absolute atomic E-state index is 9.08. The van der Waals surface area contributed by atoms with Gasteiger partial charge < -0.3 is 16.3 Å². The Balaban J connectivity index is -0.0000000933. The zero-order valence-electron chi connectivity index (χ0n) is 7.66. The van der Waals surface area contributed by atoms with Crippen LogP contribution < -0.4 is 0 Å². The van der Waals surface area contributed by atoms with Crippen LogP contribution >= 0.6 is 0 Å². The molecule has 0 saturated heterocycles. The van der Waals surface area contributed by atoms with Crippen LogP contribution in [0.15, 0.2) is 0 Å². The molecule has 4 nitrogen and oxygen atoms in total. The molecule has 0 heterocycles. The van der Waals surface area contributed by atoms with Crippen LogP contribution in [0.5, 0.6) is 0 Å². The zero-order chi connectivity index (χ0) is 9.91. The fraction of sp³-hybridized carbons (Fsp3) is 0.833. The van der Waals surface area contributed by atoms with Gasteiger partial charge in [-0.05, 0) is 0 Å². The molecule has 0 amide bonds. The SMILES string of the molecule is CS(=O)(=O)[O-].C[CH-]C.C[N-]C. The molecule has 0 aromatic heterocycles. The van der Waals surface area contributed by atoms with Crippen LogP contribution in [0, 0.1) is 6.42 Å². The highest BCUT2D eigenvalue weighted by molar-refractivity contribution is 7.84. The van der Waals surface area contributed by atoms with Crippen molar-refractivity contribution in [3.63, 3.8) is 0 Å². The van der Waals surface area contributed by atoms with Crippen molar-refractivity contribution in [1.29, 1.82) is 0 Å². The fourth-order valence-electron chi connectivity index (χ4n) is 0. The lowest BCUT2D eigenvalue weighted by Crippen LogP contribution is -1.88. The topological polar surface area (TPSA) is 71.3 Å². The molecule has 0 aromatic rings. The Morgan fingerprint density at radius 1 is 1.27 bits per heavy atom. The number of hydrogen-bond donors (Lipinski definition) is 0. The van der Waals surface area contributed by atoms with Crippen molar-refractivity contribution < 1.29 is 13.0 Å². The van der Waals surface area contributed by atoms with Gasteiger partial charge in [0.2, 0.25) is 0 Å². The summed E-state index contributed by atoms with van der Waals surface area (Å²) in [5.41, 5.74) is 0. The van der Waals surface area contributed by atoms with Gasteiger partial charge in [0.25, 0.3) is 0 Å². The summed E-state index contributed by atoms with van der Waals surface area (Å²) in [7, 11) is -0.417. The molecule has 0 spiro atoms. The summed E-state index contributed by atoms with van der Waals surface area (Å²) in [5.74, 6) is 0. The molecule has 0 unspecified atom stereocenters. The lowest BCUT2D eigenvalue weighted by Gasteiger charge is -1.90. The molecule has 0 fully saturated rings. The van der Waals surface area contributed by atoms with Crippen molar-refractivity contribution in [3.05, 3.63) is 11.7 Å². The molecule has 0 aliphatic rings. The standard InChI is InChI=1S/C3H7.C2H6N.CH4O3S/c2*1-3-2;1-5(2,3)4/h3H,1-2H3;1-2H3;1H3,(H,2,3,4)/q2*-1;/p-1. The highest BCUT2D eigenvalue weighted by Crippen LogP contribution is 1.59. The molecule has 0 N–H and O–H groups in total. The molecule has 0 aliphatic carbocycles. The Labute approximate surface area is 69.8 Å². The smallest absolute Gasteiger partial charge is 0.0916 e. The Hall–Kier alpha value is -0.130. The second-order valence-corrected chi connectivity index (χ2v) is 3.14. The van der Waals surface area contributed by atoms with Gasteiger partial charge in [-0.1, -0.05) is 0 Å². The first-order chi connectivity index (χ1) is 4.83. The van der Waals surface area contributed by atoms with E-state index in [4.69, 9.17) is 13.0 Å². The predicted octanol–water partition coefficient (Wildman–Crippen LogP) is 1.01. The van der Waals surface area contributed by atoms with E-state index in [1.54, 1.807) is 14.1 Å². The van der Waals surface area contributed by atoms with Crippen molar-refractivity contribution in [2.24, 2.45) is 0 Å². The van der Waals surface area contributed by atoms with E-state index < -0.39 is 10.1 Å². The van der Waals surface area contributed by atoms with Gasteiger partial charge in [0.15, 0.2) is 0 Å². The Morgan fingerprint density at radius 3 is 1.27 bits per heavy atom. The maximum atomic E-state index is 9.08. The van der Waals surface area contributed by atoms with E-state index in [0.29, 0.717) is 6.26 Å². The third kappa shape index (κ3) is 36200. The molecule has 0 rings (SSSR count). The summed E-state index contributed by atoms with van der Waals surface area (Å²) in [6.45, 7) is 4.00. The van der Waals surface area contributed by atoms with Crippen LogP contribution in [0.25, 0.3) is 5.32 Å². The van der Waals surface area contributed by atoms with E-state index in [1.807, 2.05) is 20.3 Å². The van der Waals surface area contributed by atoms with Crippen LogP contribution in [0.4, 0.5) is 0 Å². The fourth-order valence-corrected chi connectivity index (χ4v) is 0. The first kappa shape index (κ1) is 17.1. The second-order valence-electron chi connectivity index (χ2n) is 1.73. The summed E-state index contributed by atoms with van der Waals surface area (Å²) in [6.07, 6.45) is 2.60. The third-order valence-electron chi connectivity index (χ3n) is 0. The van der Waals surface area contributed by atoms with Gasteiger partial charge in [0.05, 0.1) is 10.1 Å². The van der Waals surface area contributed by atoms with Crippen LogP contribution in [0.3, 0.4) is 0 Å². The minimum atomic E-state index is -3.92. The van der Waals surface area contributed by atoms with Gasteiger partial charge in [0.1, 0.15) is 0 Å². The quantitative estimate of drug-likeness (QED) is 0.414. The Kier molecular flexibility index (Phi) is 19.5. The Morgan fingerprint density at radius 2 is 1.27 bits per heavy atom. The number of nitrogens with zero attached hydrogens (tertiary/aromatic N) is 1. The van der Waals surface area contributed by atoms with Crippen LogP contribution in [0.2, 0.25) is 0 Å². The number of hydrogen-bond acceptors (Lipinski definition) is 3. The highest BCUT2D eigenvalue weighted by Gasteiger charge is 1.65. The minimum absolute atomic E-state index is 0.604. The van der Waals surface area contributed by atoms with E-state index in [9.17, 15) is 0 Å². The van der Waals surface area contributed by atoms with Crippen molar-refractivity contribution in [1.82, 2.24) is 0 Å². The van der Waals surface area contributed by atoms with Crippen molar-refractivity contribution in [3.8, 4) is 0 Å². The van der Waals surface area contributed by atoms with Crippen LogP contribution in [-0.4, -0.2) is 33.3 Å². The average molecular weight is 182 g/mol. The van der Waals surface area contributed by atoms with Gasteiger partial charge in [-0.2, -0.15) is 27.9 Å². The molecule has 0 atom stereocenters.